The summed E-state index contributed by atoms with van der Waals surface area (Å²) in [6, 6.07) is 7.04. The molecule has 0 radical (unpaired) electrons. The number of hydrogen-bond donors (Lipinski definition) is 2. The van der Waals surface area contributed by atoms with Crippen LogP contribution in [0.1, 0.15) is 30.5 Å². The van der Waals surface area contributed by atoms with Crippen LogP contribution in [0.2, 0.25) is 0 Å². The van der Waals surface area contributed by atoms with Crippen molar-refractivity contribution in [2.24, 2.45) is 0 Å². The van der Waals surface area contributed by atoms with Gasteiger partial charge in [-0.15, -0.1) is 0 Å². The predicted octanol–water partition coefficient (Wildman–Crippen LogP) is 1.47. The molecule has 1 aromatic rings. The van der Waals surface area contributed by atoms with Crippen LogP contribution in [0.25, 0.3) is 0 Å². The number of fused-ring (bicyclic) bond motifs is 1. The number of benzene rings is 1. The fourth-order valence-corrected chi connectivity index (χ4v) is 2.52. The van der Waals surface area contributed by atoms with Gasteiger partial charge in [-0.3, -0.25) is 4.79 Å². The fraction of sp³-hybridized carbons (Fsp3) is 0.533. The first-order chi connectivity index (χ1) is 9.15. The SMILES string of the molecule is CNC(=O)CCN1CCc2cc(C(C)NC)ccc21. The maximum absolute atomic E-state index is 11.3. The molecule has 0 saturated heterocycles. The molecule has 4 heteroatoms. The summed E-state index contributed by atoms with van der Waals surface area (Å²) in [4.78, 5) is 13.6. The number of anilines is 1. The lowest BCUT2D eigenvalue weighted by molar-refractivity contribution is -0.120. The van der Waals surface area contributed by atoms with Crippen LogP contribution in [-0.4, -0.2) is 33.1 Å². The number of carbonyl (C=O) groups excluding carboxylic acids is 1. The van der Waals surface area contributed by atoms with Gasteiger partial charge in [0.1, 0.15) is 0 Å². The second-order valence-electron chi connectivity index (χ2n) is 5.06. The summed E-state index contributed by atoms with van der Waals surface area (Å²) in [6.07, 6.45) is 1.64. The second kappa shape index (κ2) is 6.06. The molecule has 1 unspecified atom stereocenters. The van der Waals surface area contributed by atoms with Crippen LogP contribution >= 0.6 is 0 Å². The average Bonchev–Trinajstić information content (AvgIpc) is 2.86. The Balaban J connectivity index is 2.06. The van der Waals surface area contributed by atoms with E-state index in [0.717, 1.165) is 19.5 Å². The Labute approximate surface area is 115 Å². The van der Waals surface area contributed by atoms with Gasteiger partial charge >= 0.3 is 0 Å². The number of nitrogens with zero attached hydrogens (tertiary/aromatic N) is 1. The average molecular weight is 261 g/mol. The molecule has 0 aromatic heterocycles. The van der Waals surface area contributed by atoms with E-state index in [2.05, 4.69) is 40.7 Å². The van der Waals surface area contributed by atoms with Gasteiger partial charge in [0.15, 0.2) is 0 Å². The van der Waals surface area contributed by atoms with Gasteiger partial charge in [-0.2, -0.15) is 0 Å². The highest BCUT2D eigenvalue weighted by molar-refractivity contribution is 5.76. The Hall–Kier alpha value is -1.55. The quantitative estimate of drug-likeness (QED) is 0.843. The van der Waals surface area contributed by atoms with Crippen LogP contribution in [0.5, 0.6) is 0 Å². The van der Waals surface area contributed by atoms with E-state index in [9.17, 15) is 4.79 Å². The molecule has 1 amide bonds. The molecule has 1 heterocycles. The van der Waals surface area contributed by atoms with Crippen molar-refractivity contribution in [1.82, 2.24) is 10.6 Å². The zero-order valence-corrected chi connectivity index (χ0v) is 12.0. The molecule has 1 aliphatic rings. The van der Waals surface area contributed by atoms with Crippen LogP contribution in [0.4, 0.5) is 5.69 Å². The highest BCUT2D eigenvalue weighted by atomic mass is 16.1. The monoisotopic (exact) mass is 261 g/mol. The maximum atomic E-state index is 11.3. The second-order valence-corrected chi connectivity index (χ2v) is 5.06. The molecule has 0 fully saturated rings. The fourth-order valence-electron chi connectivity index (χ4n) is 2.52. The molecule has 0 aliphatic carbocycles. The minimum atomic E-state index is 0.105. The Morgan fingerprint density at radius 2 is 2.21 bits per heavy atom. The van der Waals surface area contributed by atoms with E-state index in [1.165, 1.54) is 16.8 Å². The molecule has 0 spiro atoms. The molecule has 1 aliphatic heterocycles. The lowest BCUT2D eigenvalue weighted by Crippen LogP contribution is -2.27. The van der Waals surface area contributed by atoms with Crippen molar-refractivity contribution < 1.29 is 4.79 Å². The molecule has 1 aromatic carbocycles. The van der Waals surface area contributed by atoms with Gasteiger partial charge in [0.2, 0.25) is 5.91 Å². The summed E-state index contributed by atoms with van der Waals surface area (Å²) in [5.74, 6) is 0.105. The Morgan fingerprint density at radius 3 is 2.89 bits per heavy atom. The molecule has 0 bridgehead atoms. The third-order valence-corrected chi connectivity index (χ3v) is 3.92. The highest BCUT2D eigenvalue weighted by Crippen LogP contribution is 2.30. The Bertz CT molecular complexity index is 459. The van der Waals surface area contributed by atoms with Crippen molar-refractivity contribution in [2.45, 2.75) is 25.8 Å². The third kappa shape index (κ3) is 3.07. The van der Waals surface area contributed by atoms with E-state index in [0.29, 0.717) is 12.5 Å². The summed E-state index contributed by atoms with van der Waals surface area (Å²) in [7, 11) is 3.67. The minimum absolute atomic E-state index is 0.105. The number of nitrogens with one attached hydrogen (secondary N) is 2. The predicted molar refractivity (Wildman–Crippen MR) is 78.5 cm³/mol. The topological polar surface area (TPSA) is 44.4 Å². The molecule has 2 N–H and O–H groups in total. The summed E-state index contributed by atoms with van der Waals surface area (Å²) in [6.45, 7) is 3.98. The number of amides is 1. The zero-order valence-electron chi connectivity index (χ0n) is 12.0. The molecule has 2 rings (SSSR count). The molecule has 1 atom stereocenters. The van der Waals surface area contributed by atoms with Crippen LogP contribution in [0.3, 0.4) is 0 Å². The highest BCUT2D eigenvalue weighted by Gasteiger charge is 2.20. The molecule has 19 heavy (non-hydrogen) atoms. The normalized spacial score (nSPS) is 15.2. The van der Waals surface area contributed by atoms with E-state index in [-0.39, 0.29) is 5.91 Å². The van der Waals surface area contributed by atoms with Crippen LogP contribution in [0.15, 0.2) is 18.2 Å². The number of rotatable bonds is 5. The van der Waals surface area contributed by atoms with E-state index >= 15 is 0 Å². The lowest BCUT2D eigenvalue weighted by Gasteiger charge is -2.19. The van der Waals surface area contributed by atoms with Crippen molar-refractivity contribution in [3.05, 3.63) is 29.3 Å². The molecular weight excluding hydrogens is 238 g/mol. The first-order valence-electron chi connectivity index (χ1n) is 6.91. The van der Waals surface area contributed by atoms with Gasteiger partial charge in [0, 0.05) is 38.3 Å². The van der Waals surface area contributed by atoms with E-state index in [1.54, 1.807) is 7.05 Å². The van der Waals surface area contributed by atoms with Gasteiger partial charge in [0.05, 0.1) is 0 Å². The maximum Gasteiger partial charge on any atom is 0.221 e. The first-order valence-corrected chi connectivity index (χ1v) is 6.91. The molecule has 4 nitrogen and oxygen atoms in total. The van der Waals surface area contributed by atoms with E-state index in [1.807, 2.05) is 7.05 Å². The van der Waals surface area contributed by atoms with Crippen LogP contribution < -0.4 is 15.5 Å². The van der Waals surface area contributed by atoms with E-state index in [4.69, 9.17) is 0 Å². The van der Waals surface area contributed by atoms with Gasteiger partial charge in [-0.25, -0.2) is 0 Å². The largest absolute Gasteiger partial charge is 0.370 e. The summed E-state index contributed by atoms with van der Waals surface area (Å²) in [5, 5.41) is 5.94. The minimum Gasteiger partial charge on any atom is -0.370 e. The Kier molecular flexibility index (Phi) is 4.43. The zero-order chi connectivity index (χ0) is 13.8. The van der Waals surface area contributed by atoms with Gasteiger partial charge < -0.3 is 15.5 Å². The summed E-state index contributed by atoms with van der Waals surface area (Å²) < 4.78 is 0. The van der Waals surface area contributed by atoms with Crippen molar-refractivity contribution in [3.63, 3.8) is 0 Å². The molecular formula is C15H23N3O. The smallest absolute Gasteiger partial charge is 0.221 e. The summed E-state index contributed by atoms with van der Waals surface area (Å²) in [5.41, 5.74) is 4.02. The number of carbonyl (C=O) groups is 1. The summed E-state index contributed by atoms with van der Waals surface area (Å²) >= 11 is 0. The van der Waals surface area contributed by atoms with Gasteiger partial charge in [0.25, 0.3) is 0 Å². The number of hydrogen-bond acceptors (Lipinski definition) is 3. The van der Waals surface area contributed by atoms with Crippen molar-refractivity contribution in [3.8, 4) is 0 Å². The molecule has 104 valence electrons. The van der Waals surface area contributed by atoms with E-state index < -0.39 is 0 Å². The van der Waals surface area contributed by atoms with Crippen LogP contribution in [0, 0.1) is 0 Å². The standard InChI is InChI=1S/C15H23N3O/c1-11(16-2)12-4-5-14-13(10-12)6-8-18(14)9-7-15(19)17-3/h4-5,10-11,16H,6-9H2,1-3H3,(H,17,19). The van der Waals surface area contributed by atoms with Crippen LogP contribution in [-0.2, 0) is 11.2 Å². The van der Waals surface area contributed by atoms with Crippen molar-refractivity contribution in [2.75, 3.05) is 32.1 Å². The first kappa shape index (κ1) is 13.9. The van der Waals surface area contributed by atoms with Gasteiger partial charge in [-0.05, 0) is 37.6 Å². The lowest BCUT2D eigenvalue weighted by atomic mass is 10.0. The third-order valence-electron chi connectivity index (χ3n) is 3.92. The molecule has 0 saturated carbocycles. The Morgan fingerprint density at radius 1 is 1.42 bits per heavy atom. The van der Waals surface area contributed by atoms with Gasteiger partial charge in [-0.1, -0.05) is 12.1 Å². The van der Waals surface area contributed by atoms with Crippen molar-refractivity contribution in [1.29, 1.82) is 0 Å². The van der Waals surface area contributed by atoms with Crippen molar-refractivity contribution >= 4 is 11.6 Å².